The Balaban J connectivity index is 1.58. The summed E-state index contributed by atoms with van der Waals surface area (Å²) in [4.78, 5) is 26.9. The van der Waals surface area contributed by atoms with Gasteiger partial charge in [-0.1, -0.05) is 15.9 Å². The molecular weight excluding hydrogens is 522 g/mol. The maximum absolute atomic E-state index is 12.5. The van der Waals surface area contributed by atoms with Gasteiger partial charge in [0.2, 0.25) is 0 Å². The number of ether oxygens (including phenoxy) is 1. The SMILES string of the molecule is C[C@@H](OC(=O)c1ccc(NS(=O)(=O)c2ccc(Br)cc2)cc1)C(=O)Nc1ccc(N(C)C)cc1. The number of esters is 1. The van der Waals surface area contributed by atoms with Crippen molar-refractivity contribution in [2.24, 2.45) is 0 Å². The van der Waals surface area contributed by atoms with Gasteiger partial charge in [-0.15, -0.1) is 0 Å². The van der Waals surface area contributed by atoms with Crippen LogP contribution in [-0.2, 0) is 19.6 Å². The molecule has 8 nitrogen and oxygen atoms in total. The van der Waals surface area contributed by atoms with Gasteiger partial charge in [0.25, 0.3) is 15.9 Å². The van der Waals surface area contributed by atoms with Crippen molar-refractivity contribution >= 4 is 54.9 Å². The molecule has 10 heteroatoms. The first kappa shape index (κ1) is 25.3. The summed E-state index contributed by atoms with van der Waals surface area (Å²) in [5, 5.41) is 2.70. The molecule has 1 amide bonds. The Labute approximate surface area is 207 Å². The molecule has 3 aromatic rings. The van der Waals surface area contributed by atoms with E-state index in [-0.39, 0.29) is 16.1 Å². The zero-order valence-corrected chi connectivity index (χ0v) is 21.2. The molecule has 0 aromatic heterocycles. The second-order valence-corrected chi connectivity index (χ2v) is 10.2. The summed E-state index contributed by atoms with van der Waals surface area (Å²) >= 11 is 3.26. The van der Waals surface area contributed by atoms with Gasteiger partial charge in [-0.3, -0.25) is 9.52 Å². The van der Waals surface area contributed by atoms with Crippen LogP contribution < -0.4 is 14.9 Å². The number of carbonyl (C=O) groups is 2. The molecule has 1 atom stereocenters. The highest BCUT2D eigenvalue weighted by atomic mass is 79.9. The number of benzene rings is 3. The first-order chi connectivity index (χ1) is 16.0. The van der Waals surface area contributed by atoms with E-state index in [0.29, 0.717) is 5.69 Å². The Hall–Kier alpha value is -3.37. The maximum atomic E-state index is 12.5. The van der Waals surface area contributed by atoms with E-state index in [0.717, 1.165) is 10.2 Å². The lowest BCUT2D eigenvalue weighted by molar-refractivity contribution is -0.123. The van der Waals surface area contributed by atoms with Crippen LogP contribution >= 0.6 is 15.9 Å². The lowest BCUT2D eigenvalue weighted by Crippen LogP contribution is -2.30. The van der Waals surface area contributed by atoms with Crippen LogP contribution in [0.25, 0.3) is 0 Å². The van der Waals surface area contributed by atoms with Crippen molar-refractivity contribution in [2.75, 3.05) is 29.0 Å². The minimum Gasteiger partial charge on any atom is -0.449 e. The van der Waals surface area contributed by atoms with Gasteiger partial charge in [0.05, 0.1) is 10.5 Å². The van der Waals surface area contributed by atoms with E-state index in [9.17, 15) is 18.0 Å². The molecule has 0 aliphatic rings. The van der Waals surface area contributed by atoms with E-state index < -0.39 is 28.0 Å². The predicted octanol–water partition coefficient (Wildman–Crippen LogP) is 4.50. The number of halogens is 1. The molecule has 0 heterocycles. The van der Waals surface area contributed by atoms with Gasteiger partial charge in [0.1, 0.15) is 0 Å². The number of hydrogen-bond donors (Lipinski definition) is 2. The third-order valence-electron chi connectivity index (χ3n) is 4.80. The van der Waals surface area contributed by atoms with Crippen LogP contribution in [0.2, 0.25) is 0 Å². The van der Waals surface area contributed by atoms with Crippen LogP contribution in [0.3, 0.4) is 0 Å². The first-order valence-electron chi connectivity index (χ1n) is 10.2. The van der Waals surface area contributed by atoms with Crippen LogP contribution in [-0.4, -0.2) is 40.5 Å². The quantitative estimate of drug-likeness (QED) is 0.404. The minimum atomic E-state index is -3.77. The van der Waals surface area contributed by atoms with Gasteiger partial charge in [-0.2, -0.15) is 0 Å². The molecule has 0 unspecified atom stereocenters. The highest BCUT2D eigenvalue weighted by Crippen LogP contribution is 2.20. The Bertz CT molecular complexity index is 1260. The van der Waals surface area contributed by atoms with Crippen molar-refractivity contribution in [3.05, 3.63) is 82.8 Å². The second kappa shape index (κ2) is 10.7. The van der Waals surface area contributed by atoms with Gasteiger partial charge >= 0.3 is 5.97 Å². The van der Waals surface area contributed by atoms with Crippen molar-refractivity contribution in [2.45, 2.75) is 17.9 Å². The molecule has 2 N–H and O–H groups in total. The van der Waals surface area contributed by atoms with Crippen LogP contribution in [0.4, 0.5) is 17.1 Å². The van der Waals surface area contributed by atoms with E-state index in [1.165, 1.54) is 43.3 Å². The topological polar surface area (TPSA) is 105 Å². The molecule has 0 aliphatic carbocycles. The normalized spacial score (nSPS) is 11.9. The molecule has 0 saturated carbocycles. The van der Waals surface area contributed by atoms with Crippen LogP contribution in [0.1, 0.15) is 17.3 Å². The van der Waals surface area contributed by atoms with E-state index in [4.69, 9.17) is 4.74 Å². The van der Waals surface area contributed by atoms with Gasteiger partial charge in [-0.05, 0) is 79.7 Å². The third kappa shape index (κ3) is 6.58. The number of anilines is 3. The molecule has 0 aliphatic heterocycles. The van der Waals surface area contributed by atoms with E-state index in [1.807, 2.05) is 31.1 Å². The number of nitrogens with one attached hydrogen (secondary N) is 2. The summed E-state index contributed by atoms with van der Waals surface area (Å²) in [7, 11) is 0.0582. The molecule has 0 radical (unpaired) electrons. The standard InChI is InChI=1S/C24H24BrN3O5S/c1-16(23(29)26-19-10-12-21(13-11-19)28(2)3)33-24(30)17-4-8-20(9-5-17)27-34(31,32)22-14-6-18(25)7-15-22/h4-16,27H,1-3H3,(H,26,29)/t16-/m1/s1. The predicted molar refractivity (Wildman–Crippen MR) is 136 cm³/mol. The average Bonchev–Trinajstić information content (AvgIpc) is 2.79. The van der Waals surface area contributed by atoms with Gasteiger partial charge in [0.15, 0.2) is 6.10 Å². The summed E-state index contributed by atoms with van der Waals surface area (Å²) in [5.74, 6) is -1.17. The monoisotopic (exact) mass is 545 g/mol. The lowest BCUT2D eigenvalue weighted by Gasteiger charge is -2.15. The summed E-state index contributed by atoms with van der Waals surface area (Å²) < 4.78 is 33.4. The second-order valence-electron chi connectivity index (χ2n) is 7.61. The lowest BCUT2D eigenvalue weighted by atomic mass is 10.2. The highest BCUT2D eigenvalue weighted by Gasteiger charge is 2.20. The number of carbonyl (C=O) groups excluding carboxylic acids is 2. The van der Waals surface area contributed by atoms with Crippen molar-refractivity contribution in [3.8, 4) is 0 Å². The largest absolute Gasteiger partial charge is 0.449 e. The summed E-state index contributed by atoms with van der Waals surface area (Å²) in [6, 6.07) is 19.2. The van der Waals surface area contributed by atoms with Crippen LogP contribution in [0, 0.1) is 0 Å². The number of rotatable bonds is 8. The summed E-state index contributed by atoms with van der Waals surface area (Å²) in [5.41, 5.74) is 2.04. The minimum absolute atomic E-state index is 0.107. The van der Waals surface area contributed by atoms with Crippen molar-refractivity contribution in [1.29, 1.82) is 0 Å². The van der Waals surface area contributed by atoms with Gasteiger partial charge in [0, 0.05) is 35.6 Å². The molecule has 34 heavy (non-hydrogen) atoms. The molecule has 178 valence electrons. The molecule has 0 fully saturated rings. The summed E-state index contributed by atoms with van der Waals surface area (Å²) in [6.07, 6.45) is -1.03. The third-order valence-corrected chi connectivity index (χ3v) is 6.73. The van der Waals surface area contributed by atoms with Crippen molar-refractivity contribution < 1.29 is 22.7 Å². The van der Waals surface area contributed by atoms with Gasteiger partial charge in [-0.25, -0.2) is 13.2 Å². The first-order valence-corrected chi connectivity index (χ1v) is 12.5. The van der Waals surface area contributed by atoms with E-state index in [1.54, 1.807) is 24.3 Å². The molecular formula is C24H24BrN3O5S. The number of nitrogens with zero attached hydrogens (tertiary/aromatic N) is 1. The zero-order chi connectivity index (χ0) is 24.9. The highest BCUT2D eigenvalue weighted by molar-refractivity contribution is 9.10. The van der Waals surface area contributed by atoms with E-state index >= 15 is 0 Å². The molecule has 0 spiro atoms. The molecule has 0 saturated heterocycles. The fraction of sp³-hybridized carbons (Fsp3) is 0.167. The number of amides is 1. The average molecular weight is 546 g/mol. The maximum Gasteiger partial charge on any atom is 0.338 e. The Morgan fingerprint density at radius 2 is 1.44 bits per heavy atom. The Kier molecular flexibility index (Phi) is 7.95. The molecule has 0 bridgehead atoms. The fourth-order valence-electron chi connectivity index (χ4n) is 2.87. The Morgan fingerprint density at radius 3 is 2.00 bits per heavy atom. The zero-order valence-electron chi connectivity index (χ0n) is 18.8. The van der Waals surface area contributed by atoms with Crippen molar-refractivity contribution in [1.82, 2.24) is 0 Å². The smallest absolute Gasteiger partial charge is 0.338 e. The number of sulfonamides is 1. The number of hydrogen-bond acceptors (Lipinski definition) is 6. The van der Waals surface area contributed by atoms with Crippen LogP contribution in [0.15, 0.2) is 82.2 Å². The van der Waals surface area contributed by atoms with Crippen LogP contribution in [0.5, 0.6) is 0 Å². The fourth-order valence-corrected chi connectivity index (χ4v) is 4.19. The molecule has 3 aromatic carbocycles. The van der Waals surface area contributed by atoms with Gasteiger partial charge < -0.3 is 15.0 Å². The summed E-state index contributed by atoms with van der Waals surface area (Å²) in [6.45, 7) is 1.47. The Morgan fingerprint density at radius 1 is 0.882 bits per heavy atom. The van der Waals surface area contributed by atoms with Crippen molar-refractivity contribution in [3.63, 3.8) is 0 Å². The van der Waals surface area contributed by atoms with E-state index in [2.05, 4.69) is 26.0 Å². The molecule has 3 rings (SSSR count).